The number of unbranched alkanes of at least 4 members (excludes halogenated alkanes) is 10. The minimum absolute atomic E-state index is 0. The van der Waals surface area contributed by atoms with Gasteiger partial charge in [0.1, 0.15) is 0 Å². The van der Waals surface area contributed by atoms with Crippen LogP contribution in [-0.4, -0.2) is 139 Å². The second kappa shape index (κ2) is 35.5. The monoisotopic (exact) mass is 642 g/mol. The number of carboxylic acids is 2. The van der Waals surface area contributed by atoms with Crippen LogP contribution >= 0.6 is 0 Å². The van der Waals surface area contributed by atoms with E-state index in [1.165, 1.54) is 25.7 Å². The normalized spacial score (nSPS) is 11.2. The number of nitrogens with zero attached hydrogens (tertiary/aromatic N) is 3. The molecule has 0 unspecified atom stereocenters. The van der Waals surface area contributed by atoms with Crippen LogP contribution in [0.5, 0.6) is 0 Å². The van der Waals surface area contributed by atoms with Gasteiger partial charge in [0, 0.05) is 39.3 Å². The van der Waals surface area contributed by atoms with E-state index < -0.39 is 11.9 Å². The van der Waals surface area contributed by atoms with Crippen molar-refractivity contribution in [1.82, 2.24) is 15.1 Å². The topological polar surface area (TPSA) is 189 Å². The molecule has 0 fully saturated rings. The van der Waals surface area contributed by atoms with Crippen LogP contribution in [0, 0.1) is 0 Å². The number of carbonyl (C=O) groups excluding carboxylic acids is 2. The standard InChI is InChI=1S/2C15H30N2O4.Ca/c2*1-2-3-4-5-6-9-14(19)16-13-17(12-15(20)21)10-7-8-11-18;/h2*18H,2-13H2,1H3,(H,16,19)(H,20,21);/q;;+2/p-2. The van der Waals surface area contributed by atoms with Crippen molar-refractivity contribution in [2.75, 3.05) is 52.7 Å². The molecule has 0 saturated carbocycles. The van der Waals surface area contributed by atoms with Gasteiger partial charge in [-0.15, -0.1) is 0 Å². The first-order valence-corrected chi connectivity index (χ1v) is 15.7. The van der Waals surface area contributed by atoms with Crippen molar-refractivity contribution in [2.24, 2.45) is 4.99 Å². The number of rotatable bonds is 28. The molecule has 0 aliphatic heterocycles. The van der Waals surface area contributed by atoms with Crippen LogP contribution in [0.15, 0.2) is 4.99 Å². The van der Waals surface area contributed by atoms with Gasteiger partial charge in [-0.2, -0.15) is 0 Å². The summed E-state index contributed by atoms with van der Waals surface area (Å²) < 4.78 is 0. The summed E-state index contributed by atoms with van der Waals surface area (Å²) in [5.41, 5.74) is 0. The Bertz CT molecular complexity index is 701. The third kappa shape index (κ3) is 37.1. The van der Waals surface area contributed by atoms with Crippen LogP contribution in [0.2, 0.25) is 0 Å². The van der Waals surface area contributed by atoms with E-state index in [0.717, 1.165) is 44.9 Å². The molecule has 0 atom stereocenters. The molecular formula is C30H58CaN4O8. The van der Waals surface area contributed by atoms with Gasteiger partial charge in [0.2, 0.25) is 5.91 Å². The Balaban J connectivity index is -0.000000727. The smallest absolute Gasteiger partial charge is 0.862 e. The fourth-order valence-electron chi connectivity index (χ4n) is 4.00. The number of hydrogen-bond acceptors (Lipinski definition) is 10. The number of aliphatic hydroxyl groups is 2. The van der Waals surface area contributed by atoms with E-state index >= 15 is 0 Å². The SMILES string of the molecule is CCCCCCCC(=O)NCN(CCCCO)CC(=O)O.CCCCCCCC([O-])=NCN(CCCCO)CC(=O)[O-].[Ca+2]. The zero-order valence-electron chi connectivity index (χ0n) is 26.9. The quantitative estimate of drug-likeness (QED) is 0.0316. The number of carbonyl (C=O) groups is 3. The zero-order chi connectivity index (χ0) is 31.8. The average Bonchev–Trinajstić information content (AvgIpc) is 2.94. The van der Waals surface area contributed by atoms with E-state index in [1.54, 1.807) is 9.80 Å². The van der Waals surface area contributed by atoms with Crippen molar-refractivity contribution in [2.45, 2.75) is 117 Å². The summed E-state index contributed by atoms with van der Waals surface area (Å²) in [6.07, 6.45) is 14.5. The second-order valence-electron chi connectivity index (χ2n) is 10.5. The van der Waals surface area contributed by atoms with Crippen LogP contribution in [-0.2, 0) is 14.4 Å². The number of aliphatic carboxylic acids is 2. The Labute approximate surface area is 289 Å². The molecule has 248 valence electrons. The van der Waals surface area contributed by atoms with Gasteiger partial charge in [0.05, 0.1) is 25.9 Å². The van der Waals surface area contributed by atoms with Crippen LogP contribution in [0.1, 0.15) is 117 Å². The largest absolute Gasteiger partial charge is 2.00 e. The molecule has 12 nitrogen and oxygen atoms in total. The first-order chi connectivity index (χ1) is 20.2. The molecule has 0 heterocycles. The van der Waals surface area contributed by atoms with Gasteiger partial charge >= 0.3 is 43.7 Å². The minimum Gasteiger partial charge on any atom is -0.862 e. The molecule has 0 spiro atoms. The van der Waals surface area contributed by atoms with Gasteiger partial charge in [-0.3, -0.25) is 24.4 Å². The Morgan fingerprint density at radius 1 is 0.698 bits per heavy atom. The number of aliphatic hydroxyl groups excluding tert-OH is 2. The number of amides is 1. The summed E-state index contributed by atoms with van der Waals surface area (Å²) in [6, 6.07) is 0. The first kappa shape index (κ1) is 46.4. The molecule has 0 bridgehead atoms. The first-order valence-electron chi connectivity index (χ1n) is 15.7. The molecule has 13 heteroatoms. The molecule has 0 rings (SSSR count). The van der Waals surface area contributed by atoms with E-state index in [1.807, 2.05) is 0 Å². The molecule has 1 amide bonds. The number of carboxylic acid groups (broad SMARTS) is 2. The van der Waals surface area contributed by atoms with Gasteiger partial charge in [-0.05, 0) is 50.8 Å². The fraction of sp³-hybridized carbons (Fsp3) is 0.867. The van der Waals surface area contributed by atoms with E-state index in [4.69, 9.17) is 15.3 Å². The molecule has 43 heavy (non-hydrogen) atoms. The third-order valence-corrected chi connectivity index (χ3v) is 6.42. The van der Waals surface area contributed by atoms with Crippen LogP contribution in [0.25, 0.3) is 0 Å². The summed E-state index contributed by atoms with van der Waals surface area (Å²) >= 11 is 0. The molecule has 0 aromatic rings. The van der Waals surface area contributed by atoms with Crippen LogP contribution in [0.4, 0.5) is 0 Å². The molecule has 0 aromatic carbocycles. The summed E-state index contributed by atoms with van der Waals surface area (Å²) in [6.45, 7) is 5.53. The maximum absolute atomic E-state index is 11.7. The summed E-state index contributed by atoms with van der Waals surface area (Å²) in [7, 11) is 0. The van der Waals surface area contributed by atoms with Crippen LogP contribution in [0.3, 0.4) is 0 Å². The number of nitrogens with one attached hydrogen (secondary N) is 1. The van der Waals surface area contributed by atoms with Gasteiger partial charge in [-0.1, -0.05) is 65.2 Å². The van der Waals surface area contributed by atoms with E-state index in [2.05, 4.69) is 24.2 Å². The predicted molar refractivity (Wildman–Crippen MR) is 166 cm³/mol. The predicted octanol–water partition coefficient (Wildman–Crippen LogP) is 1.09. The molecule has 0 aliphatic rings. The summed E-state index contributed by atoms with van der Waals surface area (Å²) in [5.74, 6) is -2.28. The third-order valence-electron chi connectivity index (χ3n) is 6.42. The summed E-state index contributed by atoms with van der Waals surface area (Å²) in [5, 5.41) is 51.3. The van der Waals surface area contributed by atoms with Crippen molar-refractivity contribution in [1.29, 1.82) is 0 Å². The second-order valence-corrected chi connectivity index (χ2v) is 10.5. The number of aliphatic imine (C=N–C) groups is 1. The Hall–Kier alpha value is -1.02. The molecular weight excluding hydrogens is 584 g/mol. The van der Waals surface area contributed by atoms with Crippen molar-refractivity contribution < 1.29 is 39.9 Å². The van der Waals surface area contributed by atoms with Crippen LogP contribution < -0.4 is 15.5 Å². The Morgan fingerprint density at radius 3 is 1.70 bits per heavy atom. The average molecular weight is 643 g/mol. The Morgan fingerprint density at radius 2 is 1.21 bits per heavy atom. The van der Waals surface area contributed by atoms with Gasteiger partial charge in [0.15, 0.2) is 0 Å². The van der Waals surface area contributed by atoms with Gasteiger partial charge in [-0.25, -0.2) is 0 Å². The fourth-order valence-corrected chi connectivity index (χ4v) is 4.00. The molecule has 0 saturated heterocycles. The van der Waals surface area contributed by atoms with Gasteiger partial charge in [0.25, 0.3) is 0 Å². The van der Waals surface area contributed by atoms with Crippen molar-refractivity contribution in [3.8, 4) is 0 Å². The Kier molecular flexibility index (Phi) is 38.3. The van der Waals surface area contributed by atoms with E-state index in [0.29, 0.717) is 45.2 Å². The van der Waals surface area contributed by atoms with Gasteiger partial charge < -0.3 is 35.6 Å². The molecule has 0 aliphatic carbocycles. The number of hydrogen-bond donors (Lipinski definition) is 4. The van der Waals surface area contributed by atoms with Crippen molar-refractivity contribution in [3.63, 3.8) is 0 Å². The molecule has 0 aromatic heterocycles. The van der Waals surface area contributed by atoms with E-state index in [-0.39, 0.29) is 89.2 Å². The maximum Gasteiger partial charge on any atom is 2.00 e. The molecule has 0 radical (unpaired) electrons. The van der Waals surface area contributed by atoms with Crippen molar-refractivity contribution in [3.05, 3.63) is 0 Å². The van der Waals surface area contributed by atoms with Crippen molar-refractivity contribution >= 4 is 61.5 Å². The van der Waals surface area contributed by atoms with E-state index in [9.17, 15) is 24.6 Å². The molecule has 4 N–H and O–H groups in total. The zero-order valence-corrected chi connectivity index (χ0v) is 29.1. The minimum atomic E-state index is -1.18. The summed E-state index contributed by atoms with van der Waals surface area (Å²) in [4.78, 5) is 40.2. The maximum atomic E-state index is 11.7.